The van der Waals surface area contributed by atoms with Gasteiger partial charge < -0.3 is 4.55 Å². The highest BCUT2D eigenvalue weighted by Crippen LogP contribution is 2.54. The van der Waals surface area contributed by atoms with Crippen molar-refractivity contribution in [2.75, 3.05) is 0 Å². The minimum Gasteiger partial charge on any atom is -0.741 e. The van der Waals surface area contributed by atoms with Crippen molar-refractivity contribution in [2.24, 2.45) is 0 Å². The van der Waals surface area contributed by atoms with Crippen molar-refractivity contribution in [3.05, 3.63) is 60.2 Å². The molecule has 0 fully saturated rings. The normalized spacial score (nSPS) is 13.1. The molecule has 3 nitrogen and oxygen atoms in total. The van der Waals surface area contributed by atoms with E-state index in [1.165, 1.54) is 5.56 Å². The number of hydrogen-bond donors (Lipinski definition) is 0. The number of hydrogen-bond acceptors (Lipinski definition) is 3. The summed E-state index contributed by atoms with van der Waals surface area (Å²) in [5.74, 6) is 0. The van der Waals surface area contributed by atoms with Crippen molar-refractivity contribution in [1.82, 2.24) is 0 Å². The van der Waals surface area contributed by atoms with Gasteiger partial charge in [0.25, 0.3) is 0 Å². The molecule has 1 unspecified atom stereocenters. The van der Waals surface area contributed by atoms with Gasteiger partial charge in [0.2, 0.25) is 0 Å². The van der Waals surface area contributed by atoms with Crippen LogP contribution in [0.5, 0.6) is 0 Å². The summed E-state index contributed by atoms with van der Waals surface area (Å²) in [7, 11) is -7.95. The highest BCUT2D eigenvalue weighted by atomic mass is 32.2. The highest BCUT2D eigenvalue weighted by molar-refractivity contribution is 7.86. The van der Waals surface area contributed by atoms with Crippen molar-refractivity contribution in [3.63, 3.8) is 0 Å². The van der Waals surface area contributed by atoms with Crippen molar-refractivity contribution in [1.29, 1.82) is 0 Å². The quantitative estimate of drug-likeness (QED) is 0.171. The third-order valence-electron chi connectivity index (χ3n) is 4.22. The molecule has 0 spiro atoms. The third-order valence-corrected chi connectivity index (χ3v) is 6.85. The molecule has 0 saturated carbocycles. The fourth-order valence-electron chi connectivity index (χ4n) is 2.77. The Bertz CT molecular complexity index is 1110. The van der Waals surface area contributed by atoms with E-state index in [0.717, 1.165) is 19.3 Å². The van der Waals surface area contributed by atoms with Gasteiger partial charge in [-0.2, -0.15) is 13.2 Å². The summed E-state index contributed by atoms with van der Waals surface area (Å²) in [6.07, 6.45) is 3.18. The second-order valence-corrected chi connectivity index (χ2v) is 9.82. The molecule has 0 saturated heterocycles. The van der Waals surface area contributed by atoms with E-state index in [1.54, 1.807) is 30.3 Å². The monoisotopic (exact) mass is 484 g/mol. The van der Waals surface area contributed by atoms with Crippen LogP contribution in [-0.2, 0) is 22.0 Å². The zero-order chi connectivity index (χ0) is 23.4. The average Bonchev–Trinajstić information content (AvgIpc) is 3.05. The molecule has 0 radical (unpaired) electrons. The molecule has 3 rings (SSSR count). The smallest absolute Gasteiger partial charge is 0.601 e. The van der Waals surface area contributed by atoms with Crippen LogP contribution in [0.15, 0.2) is 54.6 Å². The zero-order valence-electron chi connectivity index (χ0n) is 16.1. The Morgan fingerprint density at radius 3 is 1.97 bits per heavy atom. The van der Waals surface area contributed by atoms with Gasteiger partial charge >= 0.3 is 11.0 Å². The lowest BCUT2D eigenvalue weighted by Crippen LogP contribution is -2.21. The average molecular weight is 484 g/mol. The fraction of sp³-hybridized carbons (Fsp3) is 0.300. The van der Waals surface area contributed by atoms with Gasteiger partial charge in [-0.25, -0.2) is 8.42 Å². The van der Waals surface area contributed by atoms with Gasteiger partial charge in [0.05, 0.1) is 0 Å². The Hall–Kier alpha value is -2.11. The molecular weight excluding hydrogens is 466 g/mol. The summed E-state index contributed by atoms with van der Waals surface area (Å²) in [5, 5.41) is 0.679. The molecule has 0 aliphatic heterocycles. The third kappa shape index (κ3) is 6.44. The van der Waals surface area contributed by atoms with Gasteiger partial charge in [0.15, 0.2) is 19.7 Å². The number of unbranched alkanes of at least 4 members (excludes halogenated alkanes) is 1. The van der Waals surface area contributed by atoms with Crippen LogP contribution in [0.2, 0.25) is 0 Å². The van der Waals surface area contributed by atoms with Gasteiger partial charge in [0.1, 0.15) is 10.5 Å². The van der Waals surface area contributed by atoms with Crippen LogP contribution < -0.4 is 0 Å². The lowest BCUT2D eigenvalue weighted by molar-refractivity contribution is -0.0864. The predicted molar refractivity (Wildman–Crippen MR) is 108 cm³/mol. The van der Waals surface area contributed by atoms with Crippen molar-refractivity contribution < 1.29 is 39.3 Å². The first-order valence-electron chi connectivity index (χ1n) is 8.99. The number of halogens is 6. The van der Waals surface area contributed by atoms with E-state index in [0.29, 0.717) is 20.5 Å². The van der Waals surface area contributed by atoms with E-state index >= 15 is 0 Å². The van der Waals surface area contributed by atoms with E-state index in [9.17, 15) is 26.3 Å². The van der Waals surface area contributed by atoms with Crippen molar-refractivity contribution >= 4 is 30.7 Å². The SMILES string of the molecule is CCCCc1ccc(-c2cc3ccccc3[s+]2C(F)(F)F)cc1.O=S(=O)([O-])C(F)(F)F. The van der Waals surface area contributed by atoms with Gasteiger partial charge in [-0.3, -0.25) is 0 Å². The molecule has 0 aliphatic rings. The number of aryl methyl sites for hydroxylation is 1. The van der Waals surface area contributed by atoms with Gasteiger partial charge in [-0.15, -0.1) is 13.2 Å². The summed E-state index contributed by atoms with van der Waals surface area (Å²) in [6, 6.07) is 16.0. The second-order valence-electron chi connectivity index (χ2n) is 6.50. The molecule has 2 aromatic carbocycles. The molecule has 0 N–H and O–H groups in total. The molecule has 0 amide bonds. The highest BCUT2D eigenvalue weighted by Gasteiger charge is 2.48. The number of fused-ring (bicyclic) bond motifs is 1. The van der Waals surface area contributed by atoms with Gasteiger partial charge in [-0.05, 0) is 42.7 Å². The maximum absolute atomic E-state index is 13.6. The standard InChI is InChI=1S/C19H18F3S.CHF3O3S/c1-2-3-6-14-9-11-15(12-10-14)18-13-16-7-4-5-8-17(16)23(18)19(20,21)22;2-1(3,4)8(5,6)7/h4-5,7-13H,2-3,6H2,1H3;(H,5,6,7)/q+1;/p-1. The minimum atomic E-state index is -6.09. The molecule has 0 aliphatic carbocycles. The van der Waals surface area contributed by atoms with Crippen LogP contribution in [0.25, 0.3) is 20.5 Å². The number of thiophene rings is 1. The first-order chi connectivity index (χ1) is 14.3. The number of rotatable bonds is 4. The lowest BCUT2D eigenvalue weighted by atomic mass is 10.1. The molecule has 31 heavy (non-hydrogen) atoms. The molecule has 11 heteroatoms. The largest absolute Gasteiger partial charge is 0.741 e. The molecule has 0 bridgehead atoms. The van der Waals surface area contributed by atoms with Gasteiger partial charge in [-0.1, -0.05) is 37.6 Å². The molecule has 170 valence electrons. The molecule has 1 aromatic heterocycles. The molecule has 3 aromatic rings. The number of benzene rings is 2. The van der Waals surface area contributed by atoms with Crippen LogP contribution in [0.4, 0.5) is 26.3 Å². The maximum atomic E-state index is 13.6. The summed E-state index contributed by atoms with van der Waals surface area (Å²) in [6.45, 7) is 2.13. The Balaban J connectivity index is 0.000000366. The van der Waals surface area contributed by atoms with Crippen LogP contribution in [-0.4, -0.2) is 18.5 Å². The zero-order valence-corrected chi connectivity index (χ0v) is 17.8. The van der Waals surface area contributed by atoms with Crippen LogP contribution in [0.1, 0.15) is 25.3 Å². The summed E-state index contributed by atoms with van der Waals surface area (Å²) in [4.78, 5) is 0.376. The maximum Gasteiger partial charge on any atom is 0.601 e. The van der Waals surface area contributed by atoms with Crippen LogP contribution in [0, 0.1) is 0 Å². The van der Waals surface area contributed by atoms with E-state index in [-0.39, 0.29) is 0 Å². The molecule has 1 atom stereocenters. The summed E-state index contributed by atoms with van der Waals surface area (Å²) in [5.41, 5.74) is -8.05. The van der Waals surface area contributed by atoms with Crippen LogP contribution >= 0.6 is 10.5 Å². The first kappa shape index (κ1) is 25.2. The Morgan fingerprint density at radius 1 is 0.935 bits per heavy atom. The lowest BCUT2D eigenvalue weighted by Gasteiger charge is -2.08. The fourth-order valence-corrected chi connectivity index (χ4v) is 4.70. The topological polar surface area (TPSA) is 57.2 Å². The number of alkyl halides is 6. The van der Waals surface area contributed by atoms with E-state index < -0.39 is 31.6 Å². The van der Waals surface area contributed by atoms with Crippen LogP contribution in [0.3, 0.4) is 0 Å². The Kier molecular flexibility index (Phi) is 7.77. The van der Waals surface area contributed by atoms with E-state index in [2.05, 4.69) is 6.92 Å². The first-order valence-corrected chi connectivity index (χ1v) is 11.6. The Morgan fingerprint density at radius 2 is 1.48 bits per heavy atom. The summed E-state index contributed by atoms with van der Waals surface area (Å²) < 4.78 is 100. The van der Waals surface area contributed by atoms with Gasteiger partial charge in [0, 0.05) is 17.0 Å². The van der Waals surface area contributed by atoms with E-state index in [4.69, 9.17) is 13.0 Å². The minimum absolute atomic E-state index is 0.376. The summed E-state index contributed by atoms with van der Waals surface area (Å²) >= 11 is 0. The Labute approximate surface area is 178 Å². The molecular formula is C20H18F6O3S2. The predicted octanol–water partition coefficient (Wildman–Crippen LogP) is 7.13. The van der Waals surface area contributed by atoms with E-state index in [1.807, 2.05) is 24.3 Å². The second kappa shape index (κ2) is 9.58. The molecule has 1 heterocycles. The van der Waals surface area contributed by atoms with Crippen molar-refractivity contribution in [2.45, 2.75) is 37.2 Å². The van der Waals surface area contributed by atoms with Crippen molar-refractivity contribution in [3.8, 4) is 10.4 Å².